The fraction of sp³-hybridized carbons (Fsp3) is 0.214. The molecule has 2 heterocycles. The average molecular weight is 378 g/mol. The van der Waals surface area contributed by atoms with Crippen molar-refractivity contribution >= 4 is 11.9 Å². The Morgan fingerprint density at radius 1 is 1.15 bits per heavy atom. The smallest absolute Gasteiger partial charge is 0.288 e. The Labute approximate surface area is 148 Å². The van der Waals surface area contributed by atoms with Crippen LogP contribution in [0.1, 0.15) is 22.5 Å². The molecule has 0 atom stereocenters. The molecule has 1 aromatic carbocycles. The zero-order valence-corrected chi connectivity index (χ0v) is 14.0. The maximum Gasteiger partial charge on any atom is 0.351 e. The number of nitrogens with one attached hydrogen (secondary N) is 1. The van der Waals surface area contributed by atoms with Gasteiger partial charge in [-0.2, -0.15) is 5.10 Å². The van der Waals surface area contributed by atoms with Crippen molar-refractivity contribution in [3.63, 3.8) is 0 Å². The predicted octanol–water partition coefficient (Wildman–Crippen LogP) is -0.355. The number of hydrogen-bond donors (Lipinski definition) is 1. The largest absolute Gasteiger partial charge is 0.351 e. The maximum atomic E-state index is 13.3. The molecule has 0 unspecified atom stereocenters. The van der Waals surface area contributed by atoms with Crippen LogP contribution in [0.15, 0.2) is 33.9 Å². The van der Waals surface area contributed by atoms with Crippen LogP contribution in [0.3, 0.4) is 0 Å². The Morgan fingerprint density at radius 3 is 2.48 bits per heavy atom. The number of aryl methyl sites for hydroxylation is 2. The molecule has 0 aliphatic heterocycles. The van der Waals surface area contributed by atoms with Gasteiger partial charge in [-0.1, -0.05) is 23.3 Å². The molecule has 0 fully saturated rings. The highest BCUT2D eigenvalue weighted by molar-refractivity contribution is 6.01. The molecule has 2 aromatic heterocycles. The van der Waals surface area contributed by atoms with E-state index in [-0.39, 0.29) is 11.6 Å². The molecule has 27 heavy (non-hydrogen) atoms. The molecule has 13 heteroatoms. The van der Waals surface area contributed by atoms with Crippen molar-refractivity contribution in [2.24, 2.45) is 14.1 Å². The average Bonchev–Trinajstić information content (AvgIpc) is 3.03. The van der Waals surface area contributed by atoms with Gasteiger partial charge in [0.15, 0.2) is 0 Å². The molecular formula is C14H12F2N8O3. The molecule has 1 amide bonds. The van der Waals surface area contributed by atoms with Crippen molar-refractivity contribution < 1.29 is 13.6 Å². The summed E-state index contributed by atoms with van der Waals surface area (Å²) in [6, 6.07) is 4.99. The summed E-state index contributed by atoms with van der Waals surface area (Å²) < 4.78 is 28.9. The topological polar surface area (TPSA) is 130 Å². The number of aromatic nitrogens is 7. The highest BCUT2D eigenvalue weighted by Crippen LogP contribution is 2.24. The molecule has 0 radical (unpaired) electrons. The third kappa shape index (κ3) is 3.21. The fourth-order valence-electron chi connectivity index (χ4n) is 2.30. The Kier molecular flexibility index (Phi) is 4.58. The van der Waals surface area contributed by atoms with E-state index in [0.29, 0.717) is 9.25 Å². The van der Waals surface area contributed by atoms with E-state index in [1.165, 1.54) is 32.3 Å². The first kappa shape index (κ1) is 18.0. The van der Waals surface area contributed by atoms with E-state index < -0.39 is 34.8 Å². The van der Waals surface area contributed by atoms with Crippen LogP contribution in [0.25, 0.3) is 5.69 Å². The Morgan fingerprint density at radius 2 is 1.85 bits per heavy atom. The van der Waals surface area contributed by atoms with Crippen LogP contribution in [-0.4, -0.2) is 40.5 Å². The summed E-state index contributed by atoms with van der Waals surface area (Å²) >= 11 is 0. The minimum atomic E-state index is -2.94. The van der Waals surface area contributed by atoms with Gasteiger partial charge in [0.1, 0.15) is 0 Å². The van der Waals surface area contributed by atoms with E-state index in [1.54, 1.807) is 0 Å². The van der Waals surface area contributed by atoms with Gasteiger partial charge in [-0.25, -0.2) is 27.5 Å². The molecule has 0 aliphatic carbocycles. The highest BCUT2D eigenvalue weighted by atomic mass is 19.3. The van der Waals surface area contributed by atoms with Gasteiger partial charge in [-0.05, 0) is 16.5 Å². The standard InChI is InChI=1S/C14H12F2N8O3/c1-22-13(18-20-21-22)17-11(25)9-12(26)24(14(27)23(2)19-9)8-6-4-3-5-7(8)10(15)16/h3-6,10H,1-2H3,(H,17,18,21,25). The monoisotopic (exact) mass is 378 g/mol. The number of nitrogens with zero attached hydrogens (tertiary/aromatic N) is 7. The van der Waals surface area contributed by atoms with Gasteiger partial charge in [0.2, 0.25) is 11.6 Å². The van der Waals surface area contributed by atoms with Gasteiger partial charge in [-0.3, -0.25) is 14.9 Å². The first-order valence-electron chi connectivity index (χ1n) is 7.42. The second kappa shape index (κ2) is 6.86. The van der Waals surface area contributed by atoms with E-state index >= 15 is 0 Å². The lowest BCUT2D eigenvalue weighted by Gasteiger charge is -2.12. The number of anilines is 1. The highest BCUT2D eigenvalue weighted by Gasteiger charge is 2.23. The number of halogens is 2. The molecule has 3 rings (SSSR count). The number of carbonyl (C=O) groups is 1. The molecule has 140 valence electrons. The van der Waals surface area contributed by atoms with Gasteiger partial charge in [0, 0.05) is 19.7 Å². The molecule has 0 saturated heterocycles. The second-order valence-corrected chi connectivity index (χ2v) is 5.34. The van der Waals surface area contributed by atoms with Gasteiger partial charge in [-0.15, -0.1) is 0 Å². The number of benzene rings is 1. The lowest BCUT2D eigenvalue weighted by molar-refractivity contribution is 0.101. The maximum absolute atomic E-state index is 13.3. The van der Waals surface area contributed by atoms with Gasteiger partial charge < -0.3 is 0 Å². The minimum Gasteiger partial charge on any atom is -0.288 e. The molecule has 0 aliphatic rings. The summed E-state index contributed by atoms with van der Waals surface area (Å²) in [6.45, 7) is 0. The molecule has 3 aromatic rings. The number of alkyl halides is 2. The number of amides is 1. The van der Waals surface area contributed by atoms with Crippen LogP contribution >= 0.6 is 0 Å². The summed E-state index contributed by atoms with van der Waals surface area (Å²) in [6.07, 6.45) is -2.94. The van der Waals surface area contributed by atoms with Crippen molar-refractivity contribution in [2.75, 3.05) is 5.32 Å². The SMILES string of the molecule is Cn1nnnc1NC(=O)c1nn(C)c(=O)n(-c2ccccc2C(F)F)c1=O. The Bertz CT molecular complexity index is 1130. The van der Waals surface area contributed by atoms with Crippen LogP contribution in [0, 0.1) is 0 Å². The minimum absolute atomic E-state index is 0.0745. The van der Waals surface area contributed by atoms with Crippen molar-refractivity contribution in [1.82, 2.24) is 34.6 Å². The predicted molar refractivity (Wildman–Crippen MR) is 86.8 cm³/mol. The molecule has 0 spiro atoms. The Balaban J connectivity index is 2.18. The number of hydrogen-bond acceptors (Lipinski definition) is 7. The van der Waals surface area contributed by atoms with Crippen molar-refractivity contribution in [1.29, 1.82) is 0 Å². The normalized spacial score (nSPS) is 11.0. The van der Waals surface area contributed by atoms with Crippen molar-refractivity contribution in [3.05, 3.63) is 56.4 Å². The summed E-state index contributed by atoms with van der Waals surface area (Å²) in [4.78, 5) is 37.4. The summed E-state index contributed by atoms with van der Waals surface area (Å²) in [5.74, 6) is -1.08. The quantitative estimate of drug-likeness (QED) is 0.656. The van der Waals surface area contributed by atoms with Gasteiger partial charge in [0.05, 0.1) is 5.69 Å². The molecule has 11 nitrogen and oxygen atoms in total. The van der Waals surface area contributed by atoms with Gasteiger partial charge in [0.25, 0.3) is 17.9 Å². The van der Waals surface area contributed by atoms with Crippen molar-refractivity contribution in [3.8, 4) is 5.69 Å². The summed E-state index contributed by atoms with van der Waals surface area (Å²) in [5, 5.41) is 16.3. The van der Waals surface area contributed by atoms with E-state index in [0.717, 1.165) is 10.7 Å². The van der Waals surface area contributed by atoms with Crippen LogP contribution in [0.2, 0.25) is 0 Å². The molecule has 0 saturated carbocycles. The number of rotatable bonds is 4. The Hall–Kier alpha value is -3.77. The second-order valence-electron chi connectivity index (χ2n) is 5.34. The van der Waals surface area contributed by atoms with Gasteiger partial charge >= 0.3 is 5.69 Å². The molecule has 0 bridgehead atoms. The van der Waals surface area contributed by atoms with Crippen LogP contribution < -0.4 is 16.6 Å². The lowest BCUT2D eigenvalue weighted by Crippen LogP contribution is -2.44. The van der Waals surface area contributed by atoms with Crippen LogP contribution in [0.5, 0.6) is 0 Å². The third-order valence-corrected chi connectivity index (χ3v) is 3.60. The zero-order valence-electron chi connectivity index (χ0n) is 14.0. The molecule has 1 N–H and O–H groups in total. The molecular weight excluding hydrogens is 366 g/mol. The number of carbonyl (C=O) groups excluding carboxylic acids is 1. The lowest BCUT2D eigenvalue weighted by atomic mass is 10.2. The fourth-order valence-corrected chi connectivity index (χ4v) is 2.30. The van der Waals surface area contributed by atoms with E-state index in [1.807, 2.05) is 0 Å². The summed E-state index contributed by atoms with van der Waals surface area (Å²) in [5.41, 5.74) is -3.70. The first-order chi connectivity index (χ1) is 12.8. The van der Waals surface area contributed by atoms with E-state index in [2.05, 4.69) is 25.9 Å². The zero-order chi connectivity index (χ0) is 19.7. The van der Waals surface area contributed by atoms with E-state index in [4.69, 9.17) is 0 Å². The number of tetrazole rings is 1. The third-order valence-electron chi connectivity index (χ3n) is 3.60. The van der Waals surface area contributed by atoms with Crippen LogP contribution in [-0.2, 0) is 14.1 Å². The van der Waals surface area contributed by atoms with Crippen molar-refractivity contribution in [2.45, 2.75) is 6.43 Å². The number of para-hydroxylation sites is 1. The first-order valence-corrected chi connectivity index (χ1v) is 7.42. The summed E-state index contributed by atoms with van der Waals surface area (Å²) in [7, 11) is 2.63. The van der Waals surface area contributed by atoms with E-state index in [9.17, 15) is 23.2 Å². The van der Waals surface area contributed by atoms with Crippen LogP contribution in [0.4, 0.5) is 14.7 Å².